The molecule has 1 aromatic carbocycles. The lowest BCUT2D eigenvalue weighted by molar-refractivity contribution is 0.0767. The highest BCUT2D eigenvalue weighted by atomic mass is 16.5. The highest BCUT2D eigenvalue weighted by molar-refractivity contribution is 5.37. The van der Waals surface area contributed by atoms with Crippen molar-refractivity contribution in [3.05, 3.63) is 35.4 Å². The number of rotatable bonds is 6. The van der Waals surface area contributed by atoms with Crippen LogP contribution in [0.1, 0.15) is 49.9 Å². The molecule has 0 bridgehead atoms. The zero-order valence-corrected chi connectivity index (χ0v) is 11.4. The van der Waals surface area contributed by atoms with E-state index in [1.807, 2.05) is 0 Å². The zero-order valence-electron chi connectivity index (χ0n) is 11.4. The molecule has 0 aromatic heterocycles. The number of nitrogens with two attached hydrogens (primary N) is 1. The van der Waals surface area contributed by atoms with E-state index in [1.165, 1.54) is 11.1 Å². The average Bonchev–Trinajstić information content (AvgIpc) is 2.66. The molecule has 3 nitrogen and oxygen atoms in total. The maximum absolute atomic E-state index is 6.14. The van der Waals surface area contributed by atoms with Gasteiger partial charge in [-0.3, -0.25) is 0 Å². The first kappa shape index (κ1) is 13.5. The van der Waals surface area contributed by atoms with Crippen LogP contribution in [0.4, 0.5) is 0 Å². The maximum Gasteiger partial charge on any atom is 0.0518 e. The Morgan fingerprint density at radius 2 is 2.06 bits per heavy atom. The SMILES string of the molecule is CC(C)OCCCNC1CC(N)c2ccccc21. The van der Waals surface area contributed by atoms with E-state index in [0.717, 1.165) is 26.0 Å². The molecule has 0 fully saturated rings. The van der Waals surface area contributed by atoms with Crippen molar-refractivity contribution in [2.75, 3.05) is 13.2 Å². The van der Waals surface area contributed by atoms with E-state index in [-0.39, 0.29) is 6.04 Å². The lowest BCUT2D eigenvalue weighted by Gasteiger charge is -2.14. The summed E-state index contributed by atoms with van der Waals surface area (Å²) in [5, 5.41) is 3.58. The molecule has 2 unspecified atom stereocenters. The highest BCUT2D eigenvalue weighted by Crippen LogP contribution is 2.36. The predicted octanol–water partition coefficient (Wildman–Crippen LogP) is 2.54. The van der Waals surface area contributed by atoms with Crippen molar-refractivity contribution in [1.29, 1.82) is 0 Å². The van der Waals surface area contributed by atoms with Gasteiger partial charge in [0, 0.05) is 18.7 Å². The monoisotopic (exact) mass is 248 g/mol. The van der Waals surface area contributed by atoms with Crippen molar-refractivity contribution >= 4 is 0 Å². The third-order valence-electron chi connectivity index (χ3n) is 3.42. The Balaban J connectivity index is 1.78. The summed E-state index contributed by atoms with van der Waals surface area (Å²) >= 11 is 0. The molecule has 18 heavy (non-hydrogen) atoms. The molecule has 0 radical (unpaired) electrons. The molecule has 2 atom stereocenters. The van der Waals surface area contributed by atoms with Crippen molar-refractivity contribution in [2.24, 2.45) is 5.73 Å². The summed E-state index contributed by atoms with van der Waals surface area (Å²) in [6.45, 7) is 5.95. The van der Waals surface area contributed by atoms with E-state index in [4.69, 9.17) is 10.5 Å². The standard InChI is InChI=1S/C15H24N2O/c1-11(2)18-9-5-8-17-15-10-14(16)12-6-3-4-7-13(12)15/h3-4,6-7,11,14-15,17H,5,8-10,16H2,1-2H3. The molecule has 2 rings (SSSR count). The summed E-state index contributed by atoms with van der Waals surface area (Å²) in [5.41, 5.74) is 8.81. The van der Waals surface area contributed by atoms with Gasteiger partial charge in [-0.05, 0) is 44.4 Å². The predicted molar refractivity (Wildman–Crippen MR) is 74.4 cm³/mol. The topological polar surface area (TPSA) is 47.3 Å². The van der Waals surface area contributed by atoms with Crippen LogP contribution < -0.4 is 11.1 Å². The molecule has 1 aliphatic rings. The van der Waals surface area contributed by atoms with Crippen LogP contribution in [0.5, 0.6) is 0 Å². The van der Waals surface area contributed by atoms with E-state index < -0.39 is 0 Å². The smallest absolute Gasteiger partial charge is 0.0518 e. The molecule has 0 spiro atoms. The number of fused-ring (bicyclic) bond motifs is 1. The second-order valence-corrected chi connectivity index (χ2v) is 5.25. The summed E-state index contributed by atoms with van der Waals surface area (Å²) in [6, 6.07) is 9.08. The van der Waals surface area contributed by atoms with Crippen LogP contribution in [0.15, 0.2) is 24.3 Å². The molecule has 1 aromatic rings. The first-order valence-electron chi connectivity index (χ1n) is 6.88. The second kappa shape index (κ2) is 6.32. The third-order valence-corrected chi connectivity index (χ3v) is 3.42. The van der Waals surface area contributed by atoms with E-state index in [9.17, 15) is 0 Å². The van der Waals surface area contributed by atoms with E-state index in [1.54, 1.807) is 0 Å². The summed E-state index contributed by atoms with van der Waals surface area (Å²) in [7, 11) is 0. The molecule has 1 aliphatic carbocycles. The Labute approximate surface area is 110 Å². The van der Waals surface area contributed by atoms with Crippen molar-refractivity contribution in [3.8, 4) is 0 Å². The van der Waals surface area contributed by atoms with E-state index >= 15 is 0 Å². The van der Waals surface area contributed by atoms with Gasteiger partial charge in [-0.2, -0.15) is 0 Å². The molecule has 3 heteroatoms. The zero-order chi connectivity index (χ0) is 13.0. The van der Waals surface area contributed by atoms with Crippen LogP contribution in [0.3, 0.4) is 0 Å². The van der Waals surface area contributed by atoms with Crippen molar-refractivity contribution in [2.45, 2.75) is 44.9 Å². The fourth-order valence-electron chi connectivity index (χ4n) is 2.53. The molecular formula is C15H24N2O. The van der Waals surface area contributed by atoms with Crippen LogP contribution in [-0.2, 0) is 4.74 Å². The molecule has 3 N–H and O–H groups in total. The average molecular weight is 248 g/mol. The maximum atomic E-state index is 6.14. The van der Waals surface area contributed by atoms with E-state index in [2.05, 4.69) is 43.4 Å². The lowest BCUT2D eigenvalue weighted by Crippen LogP contribution is -2.22. The molecule has 0 heterocycles. The molecule has 0 aliphatic heterocycles. The summed E-state index contributed by atoms with van der Waals surface area (Å²) in [5.74, 6) is 0. The van der Waals surface area contributed by atoms with Gasteiger partial charge in [-0.15, -0.1) is 0 Å². The van der Waals surface area contributed by atoms with Gasteiger partial charge in [0.25, 0.3) is 0 Å². The fourth-order valence-corrected chi connectivity index (χ4v) is 2.53. The third kappa shape index (κ3) is 3.31. The Morgan fingerprint density at radius 1 is 1.33 bits per heavy atom. The molecular weight excluding hydrogens is 224 g/mol. The number of hydrogen-bond acceptors (Lipinski definition) is 3. The molecule has 0 amide bonds. The van der Waals surface area contributed by atoms with Crippen molar-refractivity contribution in [3.63, 3.8) is 0 Å². The largest absolute Gasteiger partial charge is 0.379 e. The van der Waals surface area contributed by atoms with Gasteiger partial charge in [-0.25, -0.2) is 0 Å². The summed E-state index contributed by atoms with van der Waals surface area (Å²) < 4.78 is 5.53. The number of nitrogens with one attached hydrogen (secondary N) is 1. The van der Waals surface area contributed by atoms with Crippen LogP contribution in [-0.4, -0.2) is 19.3 Å². The Bertz CT molecular complexity index is 379. The first-order valence-corrected chi connectivity index (χ1v) is 6.88. The summed E-state index contributed by atoms with van der Waals surface area (Å²) in [4.78, 5) is 0. The van der Waals surface area contributed by atoms with Crippen molar-refractivity contribution < 1.29 is 4.74 Å². The molecule has 0 saturated heterocycles. The van der Waals surface area contributed by atoms with Gasteiger partial charge in [0.2, 0.25) is 0 Å². The minimum Gasteiger partial charge on any atom is -0.379 e. The van der Waals surface area contributed by atoms with Gasteiger partial charge >= 0.3 is 0 Å². The van der Waals surface area contributed by atoms with Gasteiger partial charge < -0.3 is 15.8 Å². The minimum absolute atomic E-state index is 0.186. The number of benzene rings is 1. The molecule has 100 valence electrons. The highest BCUT2D eigenvalue weighted by Gasteiger charge is 2.27. The van der Waals surface area contributed by atoms with Gasteiger partial charge in [0.1, 0.15) is 0 Å². The fraction of sp³-hybridized carbons (Fsp3) is 0.600. The number of ether oxygens (including phenoxy) is 1. The normalized spacial score (nSPS) is 22.4. The number of hydrogen-bond donors (Lipinski definition) is 2. The molecule has 0 saturated carbocycles. The minimum atomic E-state index is 0.186. The second-order valence-electron chi connectivity index (χ2n) is 5.25. The summed E-state index contributed by atoms with van der Waals surface area (Å²) in [6.07, 6.45) is 2.38. The van der Waals surface area contributed by atoms with Crippen LogP contribution in [0, 0.1) is 0 Å². The van der Waals surface area contributed by atoms with Gasteiger partial charge in [0.15, 0.2) is 0 Å². The van der Waals surface area contributed by atoms with Crippen LogP contribution >= 0.6 is 0 Å². The van der Waals surface area contributed by atoms with Crippen LogP contribution in [0.2, 0.25) is 0 Å². The lowest BCUT2D eigenvalue weighted by atomic mass is 10.1. The quantitative estimate of drug-likeness (QED) is 0.761. The van der Waals surface area contributed by atoms with E-state index in [0.29, 0.717) is 12.1 Å². The Hall–Kier alpha value is -0.900. The van der Waals surface area contributed by atoms with Gasteiger partial charge in [-0.1, -0.05) is 24.3 Å². The Morgan fingerprint density at radius 3 is 2.78 bits per heavy atom. The van der Waals surface area contributed by atoms with Gasteiger partial charge in [0.05, 0.1) is 6.10 Å². The van der Waals surface area contributed by atoms with Crippen molar-refractivity contribution in [1.82, 2.24) is 5.32 Å². The van der Waals surface area contributed by atoms with Crippen LogP contribution in [0.25, 0.3) is 0 Å². The Kier molecular flexibility index (Phi) is 4.75. The first-order chi connectivity index (χ1) is 8.68.